The van der Waals surface area contributed by atoms with E-state index in [1.54, 1.807) is 45.0 Å². The molecule has 0 atom stereocenters. The van der Waals surface area contributed by atoms with Crippen molar-refractivity contribution in [2.75, 3.05) is 5.73 Å². The Morgan fingerprint density at radius 1 is 1.21 bits per heavy atom. The van der Waals surface area contributed by atoms with Gasteiger partial charge in [-0.25, -0.2) is 4.79 Å². The second kappa shape index (κ2) is 6.18. The largest absolute Gasteiger partial charge is 0.456 e. The Balaban J connectivity index is 2.11. The zero-order valence-corrected chi connectivity index (χ0v) is 13.5. The molecule has 24 heavy (non-hydrogen) atoms. The Morgan fingerprint density at radius 2 is 1.79 bits per heavy atom. The number of nitrogens with two attached hydrogens (primary N) is 1. The average molecular weight is 341 g/mol. The van der Waals surface area contributed by atoms with Crippen molar-refractivity contribution in [3.05, 3.63) is 47.3 Å². The zero-order valence-electron chi connectivity index (χ0n) is 13.5. The van der Waals surface area contributed by atoms with Crippen LogP contribution in [-0.4, -0.2) is 21.4 Å². The SMILES string of the molecule is CC(C)(C)OC(=O)c1ccc(Cn2cc(N)c(C(F)(F)F)n2)cc1. The molecule has 0 saturated carbocycles. The van der Waals surface area contributed by atoms with E-state index in [0.717, 1.165) is 10.9 Å². The topological polar surface area (TPSA) is 70.1 Å². The molecule has 0 amide bonds. The minimum atomic E-state index is -4.59. The van der Waals surface area contributed by atoms with Gasteiger partial charge in [0.25, 0.3) is 0 Å². The molecule has 0 fully saturated rings. The van der Waals surface area contributed by atoms with Crippen molar-refractivity contribution in [2.24, 2.45) is 0 Å². The van der Waals surface area contributed by atoms with Gasteiger partial charge in [-0.15, -0.1) is 0 Å². The van der Waals surface area contributed by atoms with E-state index in [4.69, 9.17) is 10.5 Å². The van der Waals surface area contributed by atoms with E-state index in [0.29, 0.717) is 11.1 Å². The molecule has 0 aliphatic rings. The molecule has 130 valence electrons. The number of hydrogen-bond acceptors (Lipinski definition) is 4. The summed E-state index contributed by atoms with van der Waals surface area (Å²) in [6.45, 7) is 5.40. The van der Waals surface area contributed by atoms with Crippen LogP contribution < -0.4 is 5.73 Å². The molecule has 0 unspecified atom stereocenters. The summed E-state index contributed by atoms with van der Waals surface area (Å²) in [5, 5.41) is 3.46. The van der Waals surface area contributed by atoms with Crippen LogP contribution >= 0.6 is 0 Å². The number of anilines is 1. The first kappa shape index (κ1) is 17.8. The van der Waals surface area contributed by atoms with Gasteiger partial charge in [-0.1, -0.05) is 12.1 Å². The van der Waals surface area contributed by atoms with Gasteiger partial charge in [0.05, 0.1) is 17.8 Å². The van der Waals surface area contributed by atoms with Gasteiger partial charge in [0.2, 0.25) is 0 Å². The number of ether oxygens (including phenoxy) is 1. The fourth-order valence-corrected chi connectivity index (χ4v) is 2.01. The molecule has 0 bridgehead atoms. The second-order valence-electron chi connectivity index (χ2n) is 6.33. The lowest BCUT2D eigenvalue weighted by atomic mass is 10.1. The van der Waals surface area contributed by atoms with Crippen LogP contribution in [0.2, 0.25) is 0 Å². The Labute approximate surface area is 137 Å². The maximum atomic E-state index is 12.7. The van der Waals surface area contributed by atoms with Crippen LogP contribution in [0.3, 0.4) is 0 Å². The van der Waals surface area contributed by atoms with Crippen molar-refractivity contribution in [3.63, 3.8) is 0 Å². The number of aromatic nitrogens is 2. The van der Waals surface area contributed by atoms with Gasteiger partial charge >= 0.3 is 12.1 Å². The van der Waals surface area contributed by atoms with E-state index in [2.05, 4.69) is 5.10 Å². The number of nitrogen functional groups attached to an aromatic ring is 1. The van der Waals surface area contributed by atoms with Crippen LogP contribution in [-0.2, 0) is 17.5 Å². The van der Waals surface area contributed by atoms with Crippen LogP contribution in [0.15, 0.2) is 30.5 Å². The smallest absolute Gasteiger partial charge is 0.437 e. The Morgan fingerprint density at radius 3 is 2.25 bits per heavy atom. The number of alkyl halides is 3. The van der Waals surface area contributed by atoms with E-state index in [-0.39, 0.29) is 6.54 Å². The van der Waals surface area contributed by atoms with Gasteiger partial charge in [-0.05, 0) is 38.5 Å². The Kier molecular flexibility index (Phi) is 4.59. The van der Waals surface area contributed by atoms with Gasteiger partial charge in [-0.3, -0.25) is 4.68 Å². The predicted molar refractivity (Wildman–Crippen MR) is 82.4 cm³/mol. The first-order valence-electron chi connectivity index (χ1n) is 7.18. The molecular formula is C16H18F3N3O2. The van der Waals surface area contributed by atoms with Crippen molar-refractivity contribution in [3.8, 4) is 0 Å². The Bertz CT molecular complexity index is 729. The zero-order chi connectivity index (χ0) is 18.1. The molecule has 2 rings (SSSR count). The van der Waals surface area contributed by atoms with Crippen LogP contribution in [0.25, 0.3) is 0 Å². The summed E-state index contributed by atoms with van der Waals surface area (Å²) in [5.74, 6) is -0.461. The molecule has 0 aliphatic heterocycles. The number of halogens is 3. The van der Waals surface area contributed by atoms with E-state index < -0.39 is 29.1 Å². The highest BCUT2D eigenvalue weighted by Gasteiger charge is 2.36. The number of nitrogens with zero attached hydrogens (tertiary/aromatic N) is 2. The fraction of sp³-hybridized carbons (Fsp3) is 0.375. The summed E-state index contributed by atoms with van der Waals surface area (Å²) in [6.07, 6.45) is -3.46. The number of carbonyl (C=O) groups excluding carboxylic acids is 1. The molecule has 1 aromatic carbocycles. The summed E-state index contributed by atoms with van der Waals surface area (Å²) in [4.78, 5) is 11.9. The van der Waals surface area contributed by atoms with Crippen LogP contribution in [0.1, 0.15) is 42.4 Å². The van der Waals surface area contributed by atoms with Gasteiger partial charge < -0.3 is 10.5 Å². The van der Waals surface area contributed by atoms with E-state index >= 15 is 0 Å². The minimum Gasteiger partial charge on any atom is -0.456 e. The minimum absolute atomic E-state index is 0.106. The van der Waals surface area contributed by atoms with Crippen molar-refractivity contribution in [2.45, 2.75) is 39.1 Å². The molecule has 0 radical (unpaired) electrons. The summed E-state index contributed by atoms with van der Waals surface area (Å²) in [7, 11) is 0. The number of benzene rings is 1. The highest BCUT2D eigenvalue weighted by Crippen LogP contribution is 2.32. The van der Waals surface area contributed by atoms with Crippen molar-refractivity contribution < 1.29 is 22.7 Å². The van der Waals surface area contributed by atoms with Gasteiger partial charge in [0.15, 0.2) is 5.69 Å². The van der Waals surface area contributed by atoms with Crippen LogP contribution in [0.5, 0.6) is 0 Å². The van der Waals surface area contributed by atoms with Crippen LogP contribution in [0.4, 0.5) is 18.9 Å². The van der Waals surface area contributed by atoms with E-state index in [1.807, 2.05) is 0 Å². The molecule has 2 N–H and O–H groups in total. The van der Waals surface area contributed by atoms with Crippen molar-refractivity contribution in [1.82, 2.24) is 9.78 Å². The summed E-state index contributed by atoms with van der Waals surface area (Å²) in [6, 6.07) is 6.37. The number of carbonyl (C=O) groups is 1. The lowest BCUT2D eigenvalue weighted by molar-refractivity contribution is -0.140. The molecule has 0 spiro atoms. The maximum absolute atomic E-state index is 12.7. The third kappa shape index (κ3) is 4.50. The molecule has 5 nitrogen and oxygen atoms in total. The Hall–Kier alpha value is -2.51. The third-order valence-corrected chi connectivity index (χ3v) is 2.99. The summed E-state index contributed by atoms with van der Waals surface area (Å²) >= 11 is 0. The molecule has 0 saturated heterocycles. The lowest BCUT2D eigenvalue weighted by Gasteiger charge is -2.19. The van der Waals surface area contributed by atoms with Crippen LogP contribution in [0, 0.1) is 0 Å². The number of esters is 1. The average Bonchev–Trinajstić information content (AvgIpc) is 2.78. The fourth-order valence-electron chi connectivity index (χ4n) is 2.01. The van der Waals surface area contributed by atoms with E-state index in [9.17, 15) is 18.0 Å². The first-order valence-corrected chi connectivity index (χ1v) is 7.18. The molecule has 2 aromatic rings. The maximum Gasteiger partial charge on any atom is 0.437 e. The van der Waals surface area contributed by atoms with E-state index in [1.165, 1.54) is 0 Å². The second-order valence-corrected chi connectivity index (χ2v) is 6.33. The monoisotopic (exact) mass is 341 g/mol. The van der Waals surface area contributed by atoms with Crippen molar-refractivity contribution >= 4 is 11.7 Å². The predicted octanol–water partition coefficient (Wildman–Crippen LogP) is 3.49. The first-order chi connectivity index (χ1) is 11.0. The molecule has 8 heteroatoms. The number of rotatable bonds is 3. The lowest BCUT2D eigenvalue weighted by Crippen LogP contribution is -2.23. The molecule has 1 heterocycles. The molecular weight excluding hydrogens is 323 g/mol. The summed E-state index contributed by atoms with van der Waals surface area (Å²) < 4.78 is 44.4. The molecule has 0 aliphatic carbocycles. The highest BCUT2D eigenvalue weighted by molar-refractivity contribution is 5.89. The number of hydrogen-bond donors (Lipinski definition) is 1. The standard InChI is InChI=1S/C16H18F3N3O2/c1-15(2,3)24-14(23)11-6-4-10(5-7-11)8-22-9-12(20)13(21-22)16(17,18)19/h4-7,9H,8,20H2,1-3H3. The normalized spacial score (nSPS) is 12.2. The van der Waals surface area contributed by atoms with Crippen molar-refractivity contribution in [1.29, 1.82) is 0 Å². The quantitative estimate of drug-likeness (QED) is 0.868. The van der Waals surface area contributed by atoms with Gasteiger partial charge in [-0.2, -0.15) is 18.3 Å². The molecule has 1 aromatic heterocycles. The third-order valence-electron chi connectivity index (χ3n) is 2.99. The summed E-state index contributed by atoms with van der Waals surface area (Å²) in [5.41, 5.74) is 4.26. The van der Waals surface area contributed by atoms with Gasteiger partial charge in [0.1, 0.15) is 5.60 Å². The van der Waals surface area contributed by atoms with Gasteiger partial charge in [0, 0.05) is 6.20 Å². The highest BCUT2D eigenvalue weighted by atomic mass is 19.4.